The summed E-state index contributed by atoms with van der Waals surface area (Å²) < 4.78 is 43.6. The van der Waals surface area contributed by atoms with Gasteiger partial charge in [0.1, 0.15) is 11.3 Å². The van der Waals surface area contributed by atoms with Gasteiger partial charge in [-0.15, -0.1) is 5.10 Å². The van der Waals surface area contributed by atoms with E-state index in [9.17, 15) is 23.8 Å². The lowest BCUT2D eigenvalue weighted by molar-refractivity contribution is 0.0693. The van der Waals surface area contributed by atoms with E-state index in [0.29, 0.717) is 41.0 Å². The average Bonchev–Trinajstić information content (AvgIpc) is 3.61. The molecule has 41 heavy (non-hydrogen) atoms. The number of hydrogen-bond donors (Lipinski definition) is 2. The van der Waals surface area contributed by atoms with Crippen LogP contribution in [-0.4, -0.2) is 50.0 Å². The second-order valence-corrected chi connectivity index (χ2v) is 10.2. The van der Waals surface area contributed by atoms with Crippen molar-refractivity contribution < 1.29 is 33.3 Å². The summed E-state index contributed by atoms with van der Waals surface area (Å²) in [5.41, 5.74) is 1.87. The molecule has 2 aromatic heterocycles. The number of aromatic nitrogens is 4. The summed E-state index contributed by atoms with van der Waals surface area (Å²) in [4.78, 5) is 11.8. The van der Waals surface area contributed by atoms with E-state index in [-0.39, 0.29) is 22.4 Å². The summed E-state index contributed by atoms with van der Waals surface area (Å²) in [6.07, 6.45) is 3.86. The van der Waals surface area contributed by atoms with E-state index >= 15 is 0 Å². The van der Waals surface area contributed by atoms with Gasteiger partial charge in [-0.3, -0.25) is 4.68 Å². The fourth-order valence-electron chi connectivity index (χ4n) is 5.20. The highest BCUT2D eigenvalue weighted by atomic mass is 19.1. The Morgan fingerprint density at radius 3 is 2.39 bits per heavy atom. The Balaban J connectivity index is 1.89. The average molecular weight is 563 g/mol. The van der Waals surface area contributed by atoms with Gasteiger partial charge in [0, 0.05) is 41.2 Å². The van der Waals surface area contributed by atoms with Crippen LogP contribution in [0.25, 0.3) is 27.7 Å². The van der Waals surface area contributed by atoms with Gasteiger partial charge in [-0.1, -0.05) is 25.1 Å². The number of fused-ring (bicyclic) bond motifs is 1. The normalized spacial score (nSPS) is 11.7. The van der Waals surface area contributed by atoms with Crippen molar-refractivity contribution in [1.82, 2.24) is 19.6 Å². The minimum atomic E-state index is -1.17. The molecular weight excluding hydrogens is 534 g/mol. The molecule has 0 fully saturated rings. The molecule has 2 N–H and O–H groups in total. The molecule has 5 aromatic rings. The topological polar surface area (TPSA) is 112 Å². The number of aryl methyl sites for hydroxylation is 1. The van der Waals surface area contributed by atoms with Crippen LogP contribution in [0.1, 0.15) is 36.3 Å². The molecule has 0 bridgehead atoms. The number of nitrogens with zero attached hydrogens (tertiary/aromatic N) is 4. The molecule has 0 unspecified atom stereocenters. The summed E-state index contributed by atoms with van der Waals surface area (Å²) >= 11 is 0. The number of rotatable bonds is 9. The van der Waals surface area contributed by atoms with Crippen molar-refractivity contribution in [2.45, 2.75) is 32.2 Å². The predicted molar refractivity (Wildman–Crippen MR) is 148 cm³/mol. The van der Waals surface area contributed by atoms with Crippen molar-refractivity contribution in [3.05, 3.63) is 83.8 Å². The Hall–Kier alpha value is -4.93. The molecule has 212 valence electrons. The van der Waals surface area contributed by atoms with Crippen molar-refractivity contribution in [2.75, 3.05) is 14.2 Å². The zero-order valence-corrected chi connectivity index (χ0v) is 22.9. The summed E-state index contributed by atoms with van der Waals surface area (Å²) in [6.45, 7) is 4.48. The first-order valence-electron chi connectivity index (χ1n) is 12.7. The quantitative estimate of drug-likeness (QED) is 0.228. The monoisotopic (exact) mass is 562 g/mol. The van der Waals surface area contributed by atoms with Crippen LogP contribution in [0, 0.1) is 11.6 Å². The van der Waals surface area contributed by atoms with Crippen LogP contribution in [-0.2, 0) is 12.0 Å². The van der Waals surface area contributed by atoms with E-state index < -0.39 is 28.8 Å². The van der Waals surface area contributed by atoms with E-state index in [2.05, 4.69) is 10.3 Å². The summed E-state index contributed by atoms with van der Waals surface area (Å²) in [6, 6.07) is 11.6. The number of carboxylic acids is 1. The summed E-state index contributed by atoms with van der Waals surface area (Å²) in [5, 5.41) is 28.9. The lowest BCUT2D eigenvalue weighted by Gasteiger charge is -2.29. The Kier molecular flexibility index (Phi) is 7.12. The minimum Gasteiger partial charge on any atom is -0.504 e. The highest BCUT2D eigenvalue weighted by Gasteiger charge is 2.34. The Bertz CT molecular complexity index is 1760. The lowest BCUT2D eigenvalue weighted by atomic mass is 9.81. The van der Waals surface area contributed by atoms with Crippen LogP contribution in [0.5, 0.6) is 17.2 Å². The van der Waals surface area contributed by atoms with Crippen molar-refractivity contribution >= 4 is 16.9 Å². The lowest BCUT2D eigenvalue weighted by Crippen LogP contribution is -2.24. The molecule has 0 atom stereocenters. The fraction of sp³-hybridized carbons (Fsp3) is 0.233. The van der Waals surface area contributed by atoms with Gasteiger partial charge in [0.15, 0.2) is 23.1 Å². The van der Waals surface area contributed by atoms with E-state index in [1.807, 2.05) is 18.4 Å². The fourth-order valence-corrected chi connectivity index (χ4v) is 5.20. The molecule has 0 radical (unpaired) electrons. The number of benzene rings is 3. The third kappa shape index (κ3) is 4.83. The maximum Gasteiger partial charge on any atom is 0.339 e. The maximum atomic E-state index is 15.0. The summed E-state index contributed by atoms with van der Waals surface area (Å²) in [5.74, 6) is -3.01. The van der Waals surface area contributed by atoms with Crippen molar-refractivity contribution in [3.63, 3.8) is 0 Å². The molecule has 9 nitrogen and oxygen atoms in total. The number of aromatic hydroxyl groups is 1. The van der Waals surface area contributed by atoms with Crippen LogP contribution < -0.4 is 9.47 Å². The van der Waals surface area contributed by atoms with E-state index in [1.54, 1.807) is 41.3 Å². The number of hydrogen-bond acceptors (Lipinski definition) is 6. The maximum absolute atomic E-state index is 15.0. The molecular formula is C30H28F2N4O5. The van der Waals surface area contributed by atoms with Gasteiger partial charge >= 0.3 is 5.97 Å². The van der Waals surface area contributed by atoms with Crippen LogP contribution in [0.4, 0.5) is 8.78 Å². The number of methoxy groups -OCH3 is 2. The second kappa shape index (κ2) is 10.6. The predicted octanol–water partition coefficient (Wildman–Crippen LogP) is 5.96. The molecule has 3 aromatic carbocycles. The molecule has 0 aliphatic heterocycles. The number of halogens is 2. The molecule has 0 spiro atoms. The first-order valence-corrected chi connectivity index (χ1v) is 12.7. The second-order valence-electron chi connectivity index (χ2n) is 10.2. The van der Waals surface area contributed by atoms with Gasteiger partial charge in [-0.2, -0.15) is 0 Å². The first-order chi connectivity index (χ1) is 19.6. The Morgan fingerprint density at radius 2 is 1.73 bits per heavy atom. The largest absolute Gasteiger partial charge is 0.504 e. The Labute approximate surface area is 234 Å². The van der Waals surface area contributed by atoms with E-state index in [4.69, 9.17) is 9.47 Å². The SMILES string of the molecule is COc1cc(-n2c(C(C)(C)CCn3ccnn3)c(-c3ccc(C(=O)O)c(OC)c3)c3c(O)c(F)ccc32)ccc1F. The zero-order valence-electron chi connectivity index (χ0n) is 22.9. The highest BCUT2D eigenvalue weighted by molar-refractivity contribution is 6.04. The van der Waals surface area contributed by atoms with Crippen molar-refractivity contribution in [3.8, 4) is 34.1 Å². The molecule has 0 aliphatic carbocycles. The number of aromatic carboxylic acids is 1. The van der Waals surface area contributed by atoms with Gasteiger partial charge < -0.3 is 24.3 Å². The summed E-state index contributed by atoms with van der Waals surface area (Å²) in [7, 11) is 2.72. The highest BCUT2D eigenvalue weighted by Crippen LogP contribution is 2.48. The molecule has 11 heteroatoms. The van der Waals surface area contributed by atoms with E-state index in [0.717, 1.165) is 0 Å². The smallest absolute Gasteiger partial charge is 0.339 e. The van der Waals surface area contributed by atoms with Crippen LogP contribution in [0.3, 0.4) is 0 Å². The zero-order chi connectivity index (χ0) is 29.5. The minimum absolute atomic E-state index is 0.0103. The number of ether oxygens (including phenoxy) is 2. The van der Waals surface area contributed by atoms with Gasteiger partial charge in [-0.05, 0) is 48.4 Å². The third-order valence-electron chi connectivity index (χ3n) is 7.25. The van der Waals surface area contributed by atoms with Crippen molar-refractivity contribution in [2.24, 2.45) is 0 Å². The number of phenolic OH excluding ortho intramolecular Hbond substituents is 1. The van der Waals surface area contributed by atoms with Crippen LogP contribution in [0.15, 0.2) is 60.9 Å². The van der Waals surface area contributed by atoms with Crippen LogP contribution in [0.2, 0.25) is 0 Å². The van der Waals surface area contributed by atoms with Gasteiger partial charge in [-0.25, -0.2) is 13.6 Å². The molecule has 5 rings (SSSR count). The number of phenols is 1. The van der Waals surface area contributed by atoms with Gasteiger partial charge in [0.05, 0.1) is 31.3 Å². The first kappa shape index (κ1) is 27.6. The van der Waals surface area contributed by atoms with E-state index in [1.165, 1.54) is 38.5 Å². The molecule has 0 amide bonds. The van der Waals surface area contributed by atoms with Gasteiger partial charge in [0.2, 0.25) is 0 Å². The third-order valence-corrected chi connectivity index (χ3v) is 7.25. The molecule has 2 heterocycles. The van der Waals surface area contributed by atoms with Crippen molar-refractivity contribution in [1.29, 1.82) is 0 Å². The van der Waals surface area contributed by atoms with Crippen LogP contribution >= 0.6 is 0 Å². The van der Waals surface area contributed by atoms with Gasteiger partial charge in [0.25, 0.3) is 0 Å². The standard InChI is InChI=1S/C30H28F2N4O5/c1-30(2,11-13-35-14-12-33-34-35)28-25(17-5-7-19(29(38)39)23(15-17)40-3)26-22(10-9-21(32)27(26)37)36(28)18-6-8-20(31)24(16-18)41-4/h5-10,12,14-16,37H,11,13H2,1-4H3,(H,38,39). The molecule has 0 saturated heterocycles. The number of carbonyl (C=O) groups is 1. The molecule has 0 aliphatic rings. The molecule has 0 saturated carbocycles. The number of carboxylic acid groups (broad SMARTS) is 1. The Morgan fingerprint density at radius 1 is 1.00 bits per heavy atom.